The van der Waals surface area contributed by atoms with Gasteiger partial charge in [-0.3, -0.25) is 4.79 Å². The summed E-state index contributed by atoms with van der Waals surface area (Å²) in [7, 11) is 0. The van der Waals surface area contributed by atoms with Gasteiger partial charge in [-0.25, -0.2) is 0 Å². The third-order valence-corrected chi connectivity index (χ3v) is 2.49. The van der Waals surface area contributed by atoms with Crippen LogP contribution in [0, 0.1) is 6.92 Å². The van der Waals surface area contributed by atoms with E-state index >= 15 is 0 Å². The third-order valence-electron chi connectivity index (χ3n) is 2.49. The van der Waals surface area contributed by atoms with Crippen LogP contribution >= 0.6 is 0 Å². The van der Waals surface area contributed by atoms with Crippen LogP contribution in [0.1, 0.15) is 25.3 Å². The fourth-order valence-electron chi connectivity index (χ4n) is 1.48. The SMILES string of the molecule is Cc1ccccc1OCCCC(=O)NC[C@@H](C)O. The van der Waals surface area contributed by atoms with Crippen molar-refractivity contribution in [1.29, 1.82) is 0 Å². The highest BCUT2D eigenvalue weighted by Gasteiger charge is 2.03. The standard InChI is InChI=1S/C14H21NO3/c1-11-6-3-4-7-13(11)18-9-5-8-14(17)15-10-12(2)16/h3-4,6-7,12,16H,5,8-10H2,1-2H3,(H,15,17)/t12-/m1/s1. The highest BCUT2D eigenvalue weighted by Crippen LogP contribution is 2.16. The monoisotopic (exact) mass is 251 g/mol. The number of aryl methyl sites for hydroxylation is 1. The molecule has 0 aliphatic rings. The summed E-state index contributed by atoms with van der Waals surface area (Å²) in [5.74, 6) is 0.811. The van der Waals surface area contributed by atoms with Crippen LogP contribution in [0.15, 0.2) is 24.3 Å². The molecule has 0 saturated carbocycles. The highest BCUT2D eigenvalue weighted by molar-refractivity contribution is 5.75. The maximum absolute atomic E-state index is 11.3. The van der Waals surface area contributed by atoms with Crippen LogP contribution in [0.4, 0.5) is 0 Å². The lowest BCUT2D eigenvalue weighted by Crippen LogP contribution is -2.30. The molecule has 0 spiro atoms. The quantitative estimate of drug-likeness (QED) is 0.724. The highest BCUT2D eigenvalue weighted by atomic mass is 16.5. The minimum absolute atomic E-state index is 0.0516. The average molecular weight is 251 g/mol. The molecule has 4 nitrogen and oxygen atoms in total. The molecule has 18 heavy (non-hydrogen) atoms. The van der Waals surface area contributed by atoms with E-state index in [0.717, 1.165) is 11.3 Å². The van der Waals surface area contributed by atoms with Gasteiger partial charge in [-0.2, -0.15) is 0 Å². The van der Waals surface area contributed by atoms with E-state index in [4.69, 9.17) is 9.84 Å². The van der Waals surface area contributed by atoms with Gasteiger partial charge in [-0.05, 0) is 31.9 Å². The number of carbonyl (C=O) groups excluding carboxylic acids is 1. The summed E-state index contributed by atoms with van der Waals surface area (Å²) in [6.07, 6.45) is 0.579. The van der Waals surface area contributed by atoms with Gasteiger partial charge in [0, 0.05) is 13.0 Å². The van der Waals surface area contributed by atoms with E-state index in [2.05, 4.69) is 5.32 Å². The predicted octanol–water partition coefficient (Wildman–Crippen LogP) is 1.65. The molecule has 0 unspecified atom stereocenters. The van der Waals surface area contributed by atoms with Gasteiger partial charge in [0.15, 0.2) is 0 Å². The second-order valence-corrected chi connectivity index (χ2v) is 4.37. The number of hydrogen-bond acceptors (Lipinski definition) is 3. The Labute approximate surface area is 108 Å². The molecule has 0 bridgehead atoms. The molecule has 1 atom stereocenters. The van der Waals surface area contributed by atoms with E-state index in [1.165, 1.54) is 0 Å². The first-order valence-corrected chi connectivity index (χ1v) is 6.23. The zero-order chi connectivity index (χ0) is 13.4. The molecule has 0 saturated heterocycles. The third kappa shape index (κ3) is 5.68. The van der Waals surface area contributed by atoms with Crippen molar-refractivity contribution in [2.24, 2.45) is 0 Å². The van der Waals surface area contributed by atoms with Crippen LogP contribution in [-0.4, -0.2) is 30.3 Å². The van der Waals surface area contributed by atoms with Gasteiger partial charge in [-0.1, -0.05) is 18.2 Å². The first kappa shape index (κ1) is 14.5. The minimum atomic E-state index is -0.503. The molecule has 0 heterocycles. The number of nitrogens with one attached hydrogen (secondary N) is 1. The number of hydrogen-bond donors (Lipinski definition) is 2. The van der Waals surface area contributed by atoms with Gasteiger partial charge in [-0.15, -0.1) is 0 Å². The van der Waals surface area contributed by atoms with Crippen molar-refractivity contribution in [3.05, 3.63) is 29.8 Å². The van der Waals surface area contributed by atoms with Crippen molar-refractivity contribution in [2.45, 2.75) is 32.8 Å². The van der Waals surface area contributed by atoms with Gasteiger partial charge in [0.1, 0.15) is 5.75 Å². The summed E-state index contributed by atoms with van der Waals surface area (Å²) in [6.45, 7) is 4.46. The van der Waals surface area contributed by atoms with Gasteiger partial charge < -0.3 is 15.2 Å². The van der Waals surface area contributed by atoms with E-state index in [0.29, 0.717) is 26.0 Å². The second kappa shape index (κ2) is 7.71. The van der Waals surface area contributed by atoms with Crippen molar-refractivity contribution in [2.75, 3.05) is 13.2 Å². The maximum Gasteiger partial charge on any atom is 0.220 e. The molecule has 2 N–H and O–H groups in total. The fourth-order valence-corrected chi connectivity index (χ4v) is 1.48. The smallest absolute Gasteiger partial charge is 0.220 e. The Bertz CT molecular complexity index is 377. The molecule has 100 valence electrons. The molecule has 1 amide bonds. The molecule has 4 heteroatoms. The van der Waals surface area contributed by atoms with Crippen LogP contribution in [0.3, 0.4) is 0 Å². The van der Waals surface area contributed by atoms with Crippen LogP contribution < -0.4 is 10.1 Å². The Kier molecular flexibility index (Phi) is 6.22. The van der Waals surface area contributed by atoms with Crippen molar-refractivity contribution in [3.8, 4) is 5.75 Å². The average Bonchev–Trinajstić information content (AvgIpc) is 2.34. The summed E-state index contributed by atoms with van der Waals surface area (Å²) >= 11 is 0. The summed E-state index contributed by atoms with van der Waals surface area (Å²) in [5, 5.41) is 11.7. The Balaban J connectivity index is 2.15. The zero-order valence-corrected chi connectivity index (χ0v) is 11.0. The molecular formula is C14H21NO3. The predicted molar refractivity (Wildman–Crippen MR) is 70.6 cm³/mol. The van der Waals surface area contributed by atoms with Crippen LogP contribution in [-0.2, 0) is 4.79 Å². The van der Waals surface area contributed by atoms with Crippen LogP contribution in [0.25, 0.3) is 0 Å². The molecule has 1 aromatic carbocycles. The lowest BCUT2D eigenvalue weighted by Gasteiger charge is -2.09. The first-order valence-electron chi connectivity index (χ1n) is 6.23. The summed E-state index contributed by atoms with van der Waals surface area (Å²) < 4.78 is 5.58. The van der Waals surface area contributed by atoms with E-state index in [1.807, 2.05) is 31.2 Å². The number of rotatable bonds is 7. The largest absolute Gasteiger partial charge is 0.493 e. The number of carbonyl (C=O) groups is 1. The second-order valence-electron chi connectivity index (χ2n) is 4.37. The molecule has 1 aromatic rings. The van der Waals surface area contributed by atoms with Crippen LogP contribution in [0.5, 0.6) is 5.75 Å². The van der Waals surface area contributed by atoms with Crippen molar-refractivity contribution >= 4 is 5.91 Å². The number of para-hydroxylation sites is 1. The van der Waals surface area contributed by atoms with E-state index in [1.54, 1.807) is 6.92 Å². The van der Waals surface area contributed by atoms with E-state index in [9.17, 15) is 4.79 Å². The summed E-state index contributed by atoms with van der Waals surface area (Å²) in [4.78, 5) is 11.3. The lowest BCUT2D eigenvalue weighted by atomic mass is 10.2. The molecule has 0 aliphatic carbocycles. The molecule has 1 rings (SSSR count). The maximum atomic E-state index is 11.3. The minimum Gasteiger partial charge on any atom is -0.493 e. The Morgan fingerprint density at radius 3 is 2.83 bits per heavy atom. The number of ether oxygens (including phenoxy) is 1. The topological polar surface area (TPSA) is 58.6 Å². The Morgan fingerprint density at radius 2 is 2.17 bits per heavy atom. The van der Waals surface area contributed by atoms with Crippen molar-refractivity contribution in [3.63, 3.8) is 0 Å². The molecule has 0 fully saturated rings. The molecular weight excluding hydrogens is 230 g/mol. The van der Waals surface area contributed by atoms with Gasteiger partial charge >= 0.3 is 0 Å². The van der Waals surface area contributed by atoms with Gasteiger partial charge in [0.2, 0.25) is 5.91 Å². The summed E-state index contributed by atoms with van der Waals surface area (Å²) in [5.41, 5.74) is 1.09. The van der Waals surface area contributed by atoms with Crippen LogP contribution in [0.2, 0.25) is 0 Å². The lowest BCUT2D eigenvalue weighted by molar-refractivity contribution is -0.121. The first-order chi connectivity index (χ1) is 8.59. The number of amides is 1. The molecule has 0 aromatic heterocycles. The molecule has 0 radical (unpaired) electrons. The molecule has 0 aliphatic heterocycles. The number of aliphatic hydroxyl groups excluding tert-OH is 1. The summed E-state index contributed by atoms with van der Waals surface area (Å²) in [6, 6.07) is 7.80. The van der Waals surface area contributed by atoms with Crippen molar-refractivity contribution < 1.29 is 14.6 Å². The normalized spacial score (nSPS) is 11.9. The Hall–Kier alpha value is -1.55. The number of benzene rings is 1. The fraction of sp³-hybridized carbons (Fsp3) is 0.500. The van der Waals surface area contributed by atoms with Gasteiger partial charge in [0.05, 0.1) is 12.7 Å². The van der Waals surface area contributed by atoms with E-state index < -0.39 is 6.10 Å². The van der Waals surface area contributed by atoms with E-state index in [-0.39, 0.29) is 5.91 Å². The van der Waals surface area contributed by atoms with Gasteiger partial charge in [0.25, 0.3) is 0 Å². The number of aliphatic hydroxyl groups is 1. The Morgan fingerprint density at radius 1 is 1.44 bits per heavy atom. The van der Waals surface area contributed by atoms with Crippen molar-refractivity contribution in [1.82, 2.24) is 5.32 Å². The zero-order valence-electron chi connectivity index (χ0n) is 11.0.